The predicted molar refractivity (Wildman–Crippen MR) is 101 cm³/mol. The molecule has 1 unspecified atom stereocenters. The van der Waals surface area contributed by atoms with Crippen molar-refractivity contribution in [3.8, 4) is 11.5 Å². The standard InChI is InChI=1S/C19H21Cl2NO3/c1-12(14-5-6-17(20)18(21)10-14)22-19(23)7-4-13-8-15(24-2)11-16(9-13)25-3/h5-6,8-12H,4,7H2,1-3H3,(H,22,23). The van der Waals surface area contributed by atoms with Crippen molar-refractivity contribution >= 4 is 29.1 Å². The van der Waals surface area contributed by atoms with Crippen molar-refractivity contribution in [2.75, 3.05) is 14.2 Å². The Morgan fingerprint density at radius 2 is 1.68 bits per heavy atom. The molecule has 0 saturated carbocycles. The van der Waals surface area contributed by atoms with Crippen LogP contribution in [0.4, 0.5) is 0 Å². The number of rotatable bonds is 7. The minimum Gasteiger partial charge on any atom is -0.497 e. The SMILES string of the molecule is COc1cc(CCC(=O)NC(C)c2ccc(Cl)c(Cl)c2)cc(OC)c1. The Hall–Kier alpha value is -1.91. The molecule has 0 heterocycles. The van der Waals surface area contributed by atoms with E-state index in [0.29, 0.717) is 34.4 Å². The summed E-state index contributed by atoms with van der Waals surface area (Å²) >= 11 is 11.9. The maximum Gasteiger partial charge on any atom is 0.220 e. The zero-order chi connectivity index (χ0) is 18.4. The van der Waals surface area contributed by atoms with Crippen molar-refractivity contribution in [3.05, 3.63) is 57.6 Å². The number of hydrogen-bond acceptors (Lipinski definition) is 3. The predicted octanol–water partition coefficient (Wildman–Crippen LogP) is 4.82. The van der Waals surface area contributed by atoms with Gasteiger partial charge in [0.25, 0.3) is 0 Å². The second-order valence-electron chi connectivity index (χ2n) is 5.68. The van der Waals surface area contributed by atoms with Crippen molar-refractivity contribution in [1.29, 1.82) is 0 Å². The molecule has 25 heavy (non-hydrogen) atoms. The van der Waals surface area contributed by atoms with Gasteiger partial charge in [-0.15, -0.1) is 0 Å². The average Bonchev–Trinajstić information content (AvgIpc) is 2.61. The number of halogens is 2. The first-order valence-electron chi connectivity index (χ1n) is 7.89. The Bertz CT molecular complexity index is 727. The highest BCUT2D eigenvalue weighted by Crippen LogP contribution is 2.26. The number of carbonyl (C=O) groups excluding carboxylic acids is 1. The Morgan fingerprint density at radius 1 is 1.04 bits per heavy atom. The van der Waals surface area contributed by atoms with Crippen molar-refractivity contribution in [3.63, 3.8) is 0 Å². The van der Waals surface area contributed by atoms with Crippen LogP contribution in [0.5, 0.6) is 11.5 Å². The summed E-state index contributed by atoms with van der Waals surface area (Å²) in [6.45, 7) is 1.91. The van der Waals surface area contributed by atoms with Crippen LogP contribution in [0.2, 0.25) is 10.0 Å². The van der Waals surface area contributed by atoms with Crippen LogP contribution in [-0.4, -0.2) is 20.1 Å². The first-order chi connectivity index (χ1) is 11.9. The van der Waals surface area contributed by atoms with Crippen LogP contribution in [0.1, 0.15) is 30.5 Å². The summed E-state index contributed by atoms with van der Waals surface area (Å²) in [6, 6.07) is 10.8. The number of ether oxygens (including phenoxy) is 2. The Kier molecular flexibility index (Phi) is 6.97. The van der Waals surface area contributed by atoms with Gasteiger partial charge in [0, 0.05) is 12.5 Å². The van der Waals surface area contributed by atoms with Crippen molar-refractivity contribution in [2.24, 2.45) is 0 Å². The van der Waals surface area contributed by atoms with Crippen LogP contribution < -0.4 is 14.8 Å². The smallest absolute Gasteiger partial charge is 0.220 e. The molecule has 0 spiro atoms. The lowest BCUT2D eigenvalue weighted by Gasteiger charge is -2.15. The summed E-state index contributed by atoms with van der Waals surface area (Å²) in [5.74, 6) is 1.37. The quantitative estimate of drug-likeness (QED) is 0.747. The van der Waals surface area contributed by atoms with Crippen LogP contribution in [0.3, 0.4) is 0 Å². The summed E-state index contributed by atoms with van der Waals surface area (Å²) in [5.41, 5.74) is 1.89. The molecule has 0 saturated heterocycles. The molecule has 1 atom stereocenters. The maximum absolute atomic E-state index is 12.2. The molecule has 4 nitrogen and oxygen atoms in total. The second kappa shape index (κ2) is 8.97. The minimum atomic E-state index is -0.151. The molecule has 0 bridgehead atoms. The van der Waals surface area contributed by atoms with Gasteiger partial charge in [-0.3, -0.25) is 4.79 Å². The first kappa shape index (κ1) is 19.4. The highest BCUT2D eigenvalue weighted by atomic mass is 35.5. The fourth-order valence-electron chi connectivity index (χ4n) is 2.45. The summed E-state index contributed by atoms with van der Waals surface area (Å²) in [4.78, 5) is 12.2. The van der Waals surface area contributed by atoms with E-state index >= 15 is 0 Å². The van der Waals surface area contributed by atoms with Gasteiger partial charge in [0.05, 0.1) is 30.3 Å². The van der Waals surface area contributed by atoms with Gasteiger partial charge >= 0.3 is 0 Å². The van der Waals surface area contributed by atoms with E-state index in [-0.39, 0.29) is 11.9 Å². The number of carbonyl (C=O) groups is 1. The third-order valence-corrected chi connectivity index (χ3v) is 4.61. The third-order valence-electron chi connectivity index (χ3n) is 3.87. The van der Waals surface area contributed by atoms with Crippen LogP contribution in [0.15, 0.2) is 36.4 Å². The molecule has 0 radical (unpaired) electrons. The largest absolute Gasteiger partial charge is 0.497 e. The van der Waals surface area contributed by atoms with E-state index < -0.39 is 0 Å². The van der Waals surface area contributed by atoms with Gasteiger partial charge in [0.1, 0.15) is 11.5 Å². The maximum atomic E-state index is 12.2. The number of hydrogen-bond donors (Lipinski definition) is 1. The van der Waals surface area contributed by atoms with E-state index in [0.717, 1.165) is 11.1 Å². The van der Waals surface area contributed by atoms with E-state index in [4.69, 9.17) is 32.7 Å². The number of methoxy groups -OCH3 is 2. The summed E-state index contributed by atoms with van der Waals surface area (Å²) in [6.07, 6.45) is 0.954. The monoisotopic (exact) mass is 381 g/mol. The van der Waals surface area contributed by atoms with Gasteiger partial charge in [-0.1, -0.05) is 29.3 Å². The Morgan fingerprint density at radius 3 is 2.24 bits per heavy atom. The van der Waals surface area contributed by atoms with E-state index in [1.165, 1.54) is 0 Å². The van der Waals surface area contributed by atoms with E-state index in [1.54, 1.807) is 32.4 Å². The van der Waals surface area contributed by atoms with Crippen molar-refractivity contribution in [2.45, 2.75) is 25.8 Å². The molecule has 0 aromatic heterocycles. The zero-order valence-electron chi connectivity index (χ0n) is 14.4. The number of nitrogens with one attached hydrogen (secondary N) is 1. The Labute approximate surface area is 158 Å². The van der Waals surface area contributed by atoms with Crippen LogP contribution >= 0.6 is 23.2 Å². The molecule has 2 rings (SSSR count). The van der Waals surface area contributed by atoms with Gasteiger partial charge < -0.3 is 14.8 Å². The van der Waals surface area contributed by atoms with Gasteiger partial charge in [-0.25, -0.2) is 0 Å². The van der Waals surface area contributed by atoms with Gasteiger partial charge in [-0.2, -0.15) is 0 Å². The van der Waals surface area contributed by atoms with Gasteiger partial charge in [0.15, 0.2) is 0 Å². The lowest BCUT2D eigenvalue weighted by molar-refractivity contribution is -0.121. The highest BCUT2D eigenvalue weighted by molar-refractivity contribution is 6.42. The summed E-state index contributed by atoms with van der Waals surface area (Å²) in [5, 5.41) is 3.94. The van der Waals surface area contributed by atoms with E-state index in [2.05, 4.69) is 5.32 Å². The zero-order valence-corrected chi connectivity index (χ0v) is 15.9. The van der Waals surface area contributed by atoms with Crippen LogP contribution in [-0.2, 0) is 11.2 Å². The van der Waals surface area contributed by atoms with Gasteiger partial charge in [0.2, 0.25) is 5.91 Å². The van der Waals surface area contributed by atoms with Crippen molar-refractivity contribution < 1.29 is 14.3 Å². The van der Waals surface area contributed by atoms with Crippen LogP contribution in [0.25, 0.3) is 0 Å². The number of amides is 1. The average molecular weight is 382 g/mol. The molecule has 0 aliphatic carbocycles. The third kappa shape index (κ3) is 5.55. The van der Waals surface area contributed by atoms with Crippen molar-refractivity contribution in [1.82, 2.24) is 5.32 Å². The highest BCUT2D eigenvalue weighted by Gasteiger charge is 2.12. The molecular weight excluding hydrogens is 361 g/mol. The summed E-state index contributed by atoms with van der Waals surface area (Å²) < 4.78 is 10.5. The number of aryl methyl sites for hydroxylation is 1. The Balaban J connectivity index is 1.95. The summed E-state index contributed by atoms with van der Waals surface area (Å²) in [7, 11) is 3.20. The van der Waals surface area contributed by atoms with Crippen LogP contribution in [0, 0.1) is 0 Å². The molecule has 0 aliphatic heterocycles. The topological polar surface area (TPSA) is 47.6 Å². The molecule has 1 N–H and O–H groups in total. The normalized spacial score (nSPS) is 11.7. The molecule has 0 aliphatic rings. The molecule has 6 heteroatoms. The first-order valence-corrected chi connectivity index (χ1v) is 8.64. The van der Waals surface area contributed by atoms with Gasteiger partial charge in [-0.05, 0) is 48.7 Å². The fourth-order valence-corrected chi connectivity index (χ4v) is 2.75. The minimum absolute atomic E-state index is 0.0413. The van der Waals surface area contributed by atoms with E-state index in [9.17, 15) is 4.79 Å². The fraction of sp³-hybridized carbons (Fsp3) is 0.316. The molecular formula is C19H21Cl2NO3. The molecule has 2 aromatic rings. The molecule has 2 aromatic carbocycles. The lowest BCUT2D eigenvalue weighted by atomic mass is 10.1. The van der Waals surface area contributed by atoms with E-state index in [1.807, 2.05) is 25.1 Å². The molecule has 134 valence electrons. The number of benzene rings is 2. The molecule has 1 amide bonds. The second-order valence-corrected chi connectivity index (χ2v) is 6.50. The molecule has 0 fully saturated rings. The lowest BCUT2D eigenvalue weighted by Crippen LogP contribution is -2.26.